The third kappa shape index (κ3) is 2.31. The molecule has 1 aliphatic carbocycles. The zero-order valence-corrected chi connectivity index (χ0v) is 9.30. The molecule has 0 aromatic heterocycles. The minimum Gasteiger partial charge on any atom is -0.290 e. The first-order valence-electron chi connectivity index (χ1n) is 5.38. The topological polar surface area (TPSA) is 34.1 Å². The second-order valence-electron chi connectivity index (χ2n) is 3.82. The van der Waals surface area contributed by atoms with Crippen LogP contribution in [-0.4, -0.2) is 11.6 Å². The number of hydrogen-bond donors (Lipinski definition) is 0. The molecule has 0 spiro atoms. The average molecular weight is 224 g/mol. The van der Waals surface area contributed by atoms with E-state index < -0.39 is 0 Å². The summed E-state index contributed by atoms with van der Waals surface area (Å²) in [5, 5.41) is 0. The molecule has 84 valence electrons. The monoisotopic (exact) mass is 224 g/mol. The van der Waals surface area contributed by atoms with Crippen molar-refractivity contribution in [1.29, 1.82) is 0 Å². The van der Waals surface area contributed by atoms with Crippen LogP contribution in [-0.2, 0) is 9.59 Å². The maximum Gasteiger partial charge on any atom is 0.183 e. The highest BCUT2D eigenvalue weighted by molar-refractivity contribution is 6.18. The third-order valence-electron chi connectivity index (χ3n) is 2.71. The Balaban J connectivity index is 2.41. The van der Waals surface area contributed by atoms with Gasteiger partial charge in [-0.25, -0.2) is 0 Å². The predicted molar refractivity (Wildman–Crippen MR) is 66.6 cm³/mol. The Morgan fingerprint density at radius 3 is 2.41 bits per heavy atom. The van der Waals surface area contributed by atoms with Gasteiger partial charge < -0.3 is 0 Å². The van der Waals surface area contributed by atoms with Crippen LogP contribution in [0.15, 0.2) is 66.8 Å². The summed E-state index contributed by atoms with van der Waals surface area (Å²) in [6.45, 7) is 3.74. The van der Waals surface area contributed by atoms with Gasteiger partial charge in [-0.2, -0.15) is 0 Å². The van der Waals surface area contributed by atoms with Crippen molar-refractivity contribution in [3.8, 4) is 0 Å². The molecule has 0 heterocycles. The Morgan fingerprint density at radius 2 is 1.76 bits per heavy atom. The highest BCUT2D eigenvalue weighted by Crippen LogP contribution is 2.27. The van der Waals surface area contributed by atoms with E-state index in [9.17, 15) is 9.59 Å². The summed E-state index contributed by atoms with van der Waals surface area (Å²) < 4.78 is 0. The van der Waals surface area contributed by atoms with Gasteiger partial charge in [-0.3, -0.25) is 9.59 Å². The van der Waals surface area contributed by atoms with Gasteiger partial charge in [-0.15, -0.1) is 6.58 Å². The maximum absolute atomic E-state index is 11.8. The van der Waals surface area contributed by atoms with Crippen molar-refractivity contribution in [1.82, 2.24) is 0 Å². The molecule has 2 nitrogen and oxygen atoms in total. The third-order valence-corrected chi connectivity index (χ3v) is 2.71. The number of allylic oxidation sites excluding steroid dienone is 5. The van der Waals surface area contributed by atoms with E-state index in [1.54, 1.807) is 6.08 Å². The summed E-state index contributed by atoms with van der Waals surface area (Å²) >= 11 is 0. The summed E-state index contributed by atoms with van der Waals surface area (Å²) in [6, 6.07) is 9.55. The normalized spacial score (nSPS) is 16.6. The van der Waals surface area contributed by atoms with Crippen molar-refractivity contribution in [2.24, 2.45) is 0 Å². The fourth-order valence-corrected chi connectivity index (χ4v) is 1.87. The van der Waals surface area contributed by atoms with Crippen LogP contribution in [0.3, 0.4) is 0 Å². The lowest BCUT2D eigenvalue weighted by molar-refractivity contribution is -0.114. The molecule has 1 aromatic carbocycles. The fourth-order valence-electron chi connectivity index (χ4n) is 1.87. The molecule has 0 saturated heterocycles. The molecule has 17 heavy (non-hydrogen) atoms. The molecule has 0 aliphatic heterocycles. The van der Waals surface area contributed by atoms with Crippen LogP contribution in [0.1, 0.15) is 11.5 Å². The fraction of sp³-hybridized carbons (Fsp3) is 0.0667. The molecule has 0 radical (unpaired) electrons. The molecule has 1 aliphatic rings. The van der Waals surface area contributed by atoms with Crippen LogP contribution in [0, 0.1) is 0 Å². The average Bonchev–Trinajstić information content (AvgIpc) is 2.36. The molecule has 2 rings (SSSR count). The number of rotatable bonds is 3. The van der Waals surface area contributed by atoms with Crippen molar-refractivity contribution in [3.05, 3.63) is 72.4 Å². The molecular formula is C15H12O2. The molecule has 0 amide bonds. The zero-order chi connectivity index (χ0) is 12.3. The van der Waals surface area contributed by atoms with E-state index in [4.69, 9.17) is 0 Å². The lowest BCUT2D eigenvalue weighted by Crippen LogP contribution is -2.13. The van der Waals surface area contributed by atoms with Gasteiger partial charge in [0.15, 0.2) is 11.6 Å². The van der Waals surface area contributed by atoms with Gasteiger partial charge in [0.05, 0.1) is 0 Å². The van der Waals surface area contributed by atoms with E-state index >= 15 is 0 Å². The Morgan fingerprint density at radius 1 is 1.06 bits per heavy atom. The van der Waals surface area contributed by atoms with Gasteiger partial charge >= 0.3 is 0 Å². The Labute approximate surface area is 100.0 Å². The first-order valence-corrected chi connectivity index (χ1v) is 5.38. The minimum absolute atomic E-state index is 0.127. The molecule has 0 N–H and O–H groups in total. The van der Waals surface area contributed by atoms with Crippen molar-refractivity contribution >= 4 is 11.6 Å². The smallest absolute Gasteiger partial charge is 0.183 e. The summed E-state index contributed by atoms with van der Waals surface area (Å²) in [6.07, 6.45) is 5.68. The van der Waals surface area contributed by atoms with Gasteiger partial charge in [-0.05, 0) is 23.8 Å². The van der Waals surface area contributed by atoms with E-state index in [-0.39, 0.29) is 17.5 Å². The van der Waals surface area contributed by atoms with Gasteiger partial charge in [-0.1, -0.05) is 36.4 Å². The van der Waals surface area contributed by atoms with Crippen LogP contribution >= 0.6 is 0 Å². The second-order valence-corrected chi connectivity index (χ2v) is 3.82. The van der Waals surface area contributed by atoms with E-state index in [0.29, 0.717) is 5.57 Å². The Kier molecular flexibility index (Phi) is 3.15. The quantitative estimate of drug-likeness (QED) is 0.584. The van der Waals surface area contributed by atoms with Gasteiger partial charge in [0.2, 0.25) is 0 Å². The summed E-state index contributed by atoms with van der Waals surface area (Å²) in [7, 11) is 0. The number of ketones is 2. The molecular weight excluding hydrogens is 212 g/mol. The van der Waals surface area contributed by atoms with Gasteiger partial charge in [0.25, 0.3) is 0 Å². The van der Waals surface area contributed by atoms with E-state index in [1.165, 1.54) is 18.2 Å². The highest BCUT2D eigenvalue weighted by Gasteiger charge is 2.21. The van der Waals surface area contributed by atoms with Crippen molar-refractivity contribution in [2.75, 3.05) is 0 Å². The van der Waals surface area contributed by atoms with Gasteiger partial charge in [0, 0.05) is 11.5 Å². The van der Waals surface area contributed by atoms with Crippen LogP contribution < -0.4 is 0 Å². The molecule has 0 saturated carbocycles. The first-order chi connectivity index (χ1) is 8.22. The standard InChI is InChI=1S/C15H12O2/c1-2-13(11-6-4-3-5-7-11)14-10-12(16)8-9-15(14)17/h2-10,13H,1H2/t13-/m1/s1. The minimum atomic E-state index is -0.224. The van der Waals surface area contributed by atoms with E-state index in [1.807, 2.05) is 30.3 Å². The summed E-state index contributed by atoms with van der Waals surface area (Å²) in [5.41, 5.74) is 1.45. The van der Waals surface area contributed by atoms with Gasteiger partial charge in [0.1, 0.15) is 0 Å². The lowest BCUT2D eigenvalue weighted by Gasteiger charge is -2.16. The molecule has 0 fully saturated rings. The van der Waals surface area contributed by atoms with Crippen LogP contribution in [0.2, 0.25) is 0 Å². The van der Waals surface area contributed by atoms with E-state index in [2.05, 4.69) is 6.58 Å². The Bertz CT molecular complexity index is 521. The van der Waals surface area contributed by atoms with Crippen LogP contribution in [0.4, 0.5) is 0 Å². The largest absolute Gasteiger partial charge is 0.290 e. The van der Waals surface area contributed by atoms with Crippen molar-refractivity contribution in [3.63, 3.8) is 0 Å². The lowest BCUT2D eigenvalue weighted by atomic mass is 9.86. The summed E-state index contributed by atoms with van der Waals surface area (Å²) in [4.78, 5) is 23.1. The number of carbonyl (C=O) groups is 2. The van der Waals surface area contributed by atoms with Crippen molar-refractivity contribution in [2.45, 2.75) is 5.92 Å². The Hall–Kier alpha value is -2.22. The van der Waals surface area contributed by atoms with E-state index in [0.717, 1.165) is 5.56 Å². The van der Waals surface area contributed by atoms with Crippen LogP contribution in [0.25, 0.3) is 0 Å². The number of benzene rings is 1. The highest BCUT2D eigenvalue weighted by atomic mass is 16.1. The second kappa shape index (κ2) is 4.74. The summed E-state index contributed by atoms with van der Waals surface area (Å²) in [5.74, 6) is -0.502. The molecule has 1 aromatic rings. The molecule has 2 heteroatoms. The molecule has 0 bridgehead atoms. The van der Waals surface area contributed by atoms with Crippen molar-refractivity contribution < 1.29 is 9.59 Å². The number of hydrogen-bond acceptors (Lipinski definition) is 2. The zero-order valence-electron chi connectivity index (χ0n) is 9.30. The first kappa shape index (κ1) is 11.3. The molecule has 1 atom stereocenters. The maximum atomic E-state index is 11.8. The molecule has 0 unspecified atom stereocenters. The SMILES string of the molecule is C=C[C@@H](C1=CC(=O)C=CC1=O)c1ccccc1. The van der Waals surface area contributed by atoms with Crippen LogP contribution in [0.5, 0.6) is 0 Å². The number of carbonyl (C=O) groups excluding carboxylic acids is 2. The predicted octanol–water partition coefficient (Wildman–Crippen LogP) is 2.59.